The Kier molecular flexibility index (Phi) is 6.14. The number of methoxy groups -OCH3 is 1. The predicted octanol–water partition coefficient (Wildman–Crippen LogP) is 3.46. The molecular weight excluding hydrogens is 350 g/mol. The summed E-state index contributed by atoms with van der Waals surface area (Å²) in [6, 6.07) is 11.7. The molecule has 26 heavy (non-hydrogen) atoms. The number of hydrogen-bond donors (Lipinski definition) is 0. The minimum absolute atomic E-state index is 0.0438. The number of aryl methyl sites for hydroxylation is 1. The van der Waals surface area contributed by atoms with E-state index in [0.29, 0.717) is 31.2 Å². The van der Waals surface area contributed by atoms with Crippen molar-refractivity contribution in [2.75, 3.05) is 14.2 Å². The molecule has 0 unspecified atom stereocenters. The summed E-state index contributed by atoms with van der Waals surface area (Å²) in [7, 11) is 3.40. The highest BCUT2D eigenvalue weighted by Crippen LogP contribution is 2.24. The first kappa shape index (κ1) is 18.3. The molecule has 136 valence electrons. The third kappa shape index (κ3) is 4.56. The average Bonchev–Trinajstić information content (AvgIpc) is 3.33. The van der Waals surface area contributed by atoms with Crippen molar-refractivity contribution in [1.82, 2.24) is 15.1 Å². The zero-order valence-corrected chi connectivity index (χ0v) is 15.6. The largest absolute Gasteiger partial charge is 0.422 e. The Morgan fingerprint density at radius 1 is 1.27 bits per heavy atom. The van der Waals surface area contributed by atoms with Gasteiger partial charge in [-0.2, -0.15) is 11.3 Å². The number of ether oxygens (including phenoxy) is 1. The molecule has 3 rings (SSSR count). The smallest absolute Gasteiger partial charge is 0.249 e. The quantitative estimate of drug-likeness (QED) is 0.607. The first-order valence-electron chi connectivity index (χ1n) is 8.32. The van der Waals surface area contributed by atoms with Gasteiger partial charge in [-0.25, -0.2) is 0 Å². The minimum Gasteiger partial charge on any atom is -0.422 e. The number of aromatic nitrogens is 2. The molecule has 0 aliphatic heterocycles. The Morgan fingerprint density at radius 3 is 2.77 bits per heavy atom. The Hall–Kier alpha value is -2.51. The molecule has 2 heterocycles. The van der Waals surface area contributed by atoms with Crippen LogP contribution in [0.5, 0.6) is 0 Å². The van der Waals surface area contributed by atoms with Crippen LogP contribution in [-0.2, 0) is 22.5 Å². The van der Waals surface area contributed by atoms with Gasteiger partial charge in [0.25, 0.3) is 0 Å². The molecule has 1 atom stereocenters. The van der Waals surface area contributed by atoms with Gasteiger partial charge in [0, 0.05) is 33.5 Å². The van der Waals surface area contributed by atoms with Crippen LogP contribution in [-0.4, -0.2) is 35.2 Å². The summed E-state index contributed by atoms with van der Waals surface area (Å²) < 4.78 is 11.2. The van der Waals surface area contributed by atoms with Gasteiger partial charge in [0.15, 0.2) is 6.10 Å². The summed E-state index contributed by atoms with van der Waals surface area (Å²) in [5.41, 5.74) is 2.08. The highest BCUT2D eigenvalue weighted by atomic mass is 32.1. The Morgan fingerprint density at radius 2 is 2.08 bits per heavy atom. The molecule has 0 N–H and O–H groups in total. The van der Waals surface area contributed by atoms with E-state index in [9.17, 15) is 4.79 Å². The maximum absolute atomic E-state index is 12.3. The van der Waals surface area contributed by atoms with Crippen molar-refractivity contribution in [1.29, 1.82) is 0 Å². The molecule has 0 spiro atoms. The third-order valence-corrected chi connectivity index (χ3v) is 4.76. The number of hydrogen-bond acceptors (Lipinski definition) is 6. The lowest BCUT2D eigenvalue weighted by Gasteiger charge is -2.15. The summed E-state index contributed by atoms with van der Waals surface area (Å²) in [6.07, 6.45) is 0.324. The van der Waals surface area contributed by atoms with Gasteiger partial charge in [-0.05, 0) is 28.0 Å². The van der Waals surface area contributed by atoms with Crippen LogP contribution in [0.15, 0.2) is 51.6 Å². The van der Waals surface area contributed by atoms with Gasteiger partial charge in [0.1, 0.15) is 0 Å². The molecule has 0 radical (unpaired) electrons. The lowest BCUT2D eigenvalue weighted by Crippen LogP contribution is -2.26. The third-order valence-electron chi connectivity index (χ3n) is 4.02. The van der Waals surface area contributed by atoms with Gasteiger partial charge >= 0.3 is 0 Å². The molecule has 1 amide bonds. The predicted molar refractivity (Wildman–Crippen MR) is 98.7 cm³/mol. The molecule has 3 aromatic rings. The number of rotatable bonds is 8. The molecule has 0 aliphatic carbocycles. The number of carbonyl (C=O) groups is 1. The standard InChI is InChI=1S/C19H21N3O3S/c1-22(12-14-10-11-26-13-14)17(23)9-8-16-20-21-19(25-16)18(24-2)15-6-4-3-5-7-15/h3-7,10-11,13,18H,8-9,12H2,1-2H3/t18-/m0/s1. The van der Waals surface area contributed by atoms with Crippen molar-refractivity contribution in [3.8, 4) is 0 Å². The molecule has 0 aliphatic rings. The van der Waals surface area contributed by atoms with Crippen LogP contribution in [0.3, 0.4) is 0 Å². The van der Waals surface area contributed by atoms with Gasteiger partial charge in [0.05, 0.1) is 0 Å². The molecule has 0 fully saturated rings. The summed E-state index contributed by atoms with van der Waals surface area (Å²) in [6.45, 7) is 0.608. The molecule has 0 saturated heterocycles. The number of carbonyl (C=O) groups excluding carboxylic acids is 1. The fourth-order valence-corrected chi connectivity index (χ4v) is 3.29. The van der Waals surface area contributed by atoms with Crippen molar-refractivity contribution in [3.05, 3.63) is 70.1 Å². The van der Waals surface area contributed by atoms with E-state index >= 15 is 0 Å². The molecule has 6 nitrogen and oxygen atoms in total. The lowest BCUT2D eigenvalue weighted by atomic mass is 10.1. The fourth-order valence-electron chi connectivity index (χ4n) is 2.63. The lowest BCUT2D eigenvalue weighted by molar-refractivity contribution is -0.130. The second-order valence-corrected chi connectivity index (χ2v) is 6.72. The van der Waals surface area contributed by atoms with E-state index in [-0.39, 0.29) is 5.91 Å². The van der Waals surface area contributed by atoms with Crippen molar-refractivity contribution < 1.29 is 13.9 Å². The molecule has 1 aromatic carbocycles. The Labute approximate surface area is 156 Å². The average molecular weight is 371 g/mol. The van der Waals surface area contributed by atoms with Crippen LogP contribution in [0, 0.1) is 0 Å². The van der Waals surface area contributed by atoms with Crippen molar-refractivity contribution in [2.45, 2.75) is 25.5 Å². The summed E-state index contributed by atoms with van der Waals surface area (Å²) in [5, 5.41) is 12.2. The van der Waals surface area contributed by atoms with Crippen LogP contribution in [0.25, 0.3) is 0 Å². The van der Waals surface area contributed by atoms with Crippen LogP contribution >= 0.6 is 11.3 Å². The maximum atomic E-state index is 12.3. The second kappa shape index (κ2) is 8.73. The first-order chi connectivity index (χ1) is 12.7. The van der Waals surface area contributed by atoms with E-state index in [2.05, 4.69) is 10.2 Å². The summed E-state index contributed by atoms with van der Waals surface area (Å²) in [5.74, 6) is 0.880. The zero-order valence-electron chi connectivity index (χ0n) is 14.8. The Bertz CT molecular complexity index is 818. The highest BCUT2D eigenvalue weighted by Gasteiger charge is 2.20. The van der Waals surface area contributed by atoms with E-state index in [1.54, 1.807) is 30.4 Å². The molecule has 0 bridgehead atoms. The summed E-state index contributed by atoms with van der Waals surface area (Å²) >= 11 is 1.63. The van der Waals surface area contributed by atoms with E-state index in [0.717, 1.165) is 11.1 Å². The SMILES string of the molecule is CO[C@@H](c1ccccc1)c1nnc(CCC(=O)N(C)Cc2ccsc2)o1. The van der Waals surface area contributed by atoms with Gasteiger partial charge in [-0.3, -0.25) is 4.79 Å². The number of benzene rings is 1. The molecular formula is C19H21N3O3S. The number of amides is 1. The Balaban J connectivity index is 1.57. The monoisotopic (exact) mass is 371 g/mol. The van der Waals surface area contributed by atoms with Gasteiger partial charge in [0.2, 0.25) is 17.7 Å². The molecule has 2 aromatic heterocycles. The fraction of sp³-hybridized carbons (Fsp3) is 0.316. The highest BCUT2D eigenvalue weighted by molar-refractivity contribution is 7.07. The van der Waals surface area contributed by atoms with Crippen LogP contribution in [0.2, 0.25) is 0 Å². The van der Waals surface area contributed by atoms with E-state index in [1.165, 1.54) is 0 Å². The minimum atomic E-state index is -0.408. The zero-order chi connectivity index (χ0) is 18.4. The van der Waals surface area contributed by atoms with E-state index in [4.69, 9.17) is 9.15 Å². The van der Waals surface area contributed by atoms with Gasteiger partial charge in [-0.1, -0.05) is 30.3 Å². The van der Waals surface area contributed by atoms with Crippen LogP contribution < -0.4 is 0 Å². The molecule has 0 saturated carbocycles. The number of thiophene rings is 1. The van der Waals surface area contributed by atoms with Crippen molar-refractivity contribution in [2.24, 2.45) is 0 Å². The van der Waals surface area contributed by atoms with E-state index < -0.39 is 6.10 Å². The van der Waals surface area contributed by atoms with Crippen LogP contribution in [0.1, 0.15) is 35.4 Å². The first-order valence-corrected chi connectivity index (χ1v) is 9.26. The van der Waals surface area contributed by atoms with Crippen molar-refractivity contribution >= 4 is 17.2 Å². The van der Waals surface area contributed by atoms with E-state index in [1.807, 2.05) is 47.2 Å². The van der Waals surface area contributed by atoms with Gasteiger partial charge in [-0.15, -0.1) is 10.2 Å². The topological polar surface area (TPSA) is 68.5 Å². The summed E-state index contributed by atoms with van der Waals surface area (Å²) in [4.78, 5) is 14.0. The van der Waals surface area contributed by atoms with Crippen LogP contribution in [0.4, 0.5) is 0 Å². The number of nitrogens with zero attached hydrogens (tertiary/aromatic N) is 3. The maximum Gasteiger partial charge on any atom is 0.249 e. The second-order valence-electron chi connectivity index (χ2n) is 5.94. The molecule has 7 heteroatoms. The van der Waals surface area contributed by atoms with Crippen molar-refractivity contribution in [3.63, 3.8) is 0 Å². The van der Waals surface area contributed by atoms with Gasteiger partial charge < -0.3 is 14.1 Å². The normalized spacial score (nSPS) is 12.1.